The van der Waals surface area contributed by atoms with Gasteiger partial charge in [-0.25, -0.2) is 4.39 Å². The number of aromatic amines is 1. The summed E-state index contributed by atoms with van der Waals surface area (Å²) < 4.78 is 13.5. The van der Waals surface area contributed by atoms with Gasteiger partial charge in [0.15, 0.2) is 0 Å². The standard InChI is InChI=1S/C17H19FN2O/c18-12-5-6-15-13(9-12)14-10-20(8-7-16(14)19-15)17(21)11-3-1-2-4-11/h5-6,9,11,19H,1-4,7-8,10H2. The monoisotopic (exact) mass is 286 g/mol. The second-order valence-electron chi connectivity index (χ2n) is 6.26. The summed E-state index contributed by atoms with van der Waals surface area (Å²) >= 11 is 0. The molecule has 1 saturated carbocycles. The topological polar surface area (TPSA) is 36.1 Å². The van der Waals surface area contributed by atoms with Gasteiger partial charge >= 0.3 is 0 Å². The Morgan fingerprint density at radius 1 is 1.29 bits per heavy atom. The third-order valence-electron chi connectivity index (χ3n) is 4.95. The van der Waals surface area contributed by atoms with Crippen molar-refractivity contribution in [2.24, 2.45) is 5.92 Å². The van der Waals surface area contributed by atoms with Gasteiger partial charge in [0.2, 0.25) is 5.91 Å². The maximum absolute atomic E-state index is 13.5. The minimum atomic E-state index is -0.219. The second kappa shape index (κ2) is 4.86. The van der Waals surface area contributed by atoms with Gasteiger partial charge in [-0.05, 0) is 31.0 Å². The van der Waals surface area contributed by atoms with Gasteiger partial charge in [0, 0.05) is 47.6 Å². The van der Waals surface area contributed by atoms with Gasteiger partial charge < -0.3 is 9.88 Å². The predicted molar refractivity (Wildman–Crippen MR) is 79.3 cm³/mol. The van der Waals surface area contributed by atoms with Crippen molar-refractivity contribution in [3.05, 3.63) is 35.3 Å². The van der Waals surface area contributed by atoms with Crippen LogP contribution in [0.4, 0.5) is 4.39 Å². The Kier molecular flexibility index (Phi) is 2.98. The molecular weight excluding hydrogens is 267 g/mol. The highest BCUT2D eigenvalue weighted by molar-refractivity contribution is 5.86. The first-order chi connectivity index (χ1) is 10.2. The lowest BCUT2D eigenvalue weighted by Crippen LogP contribution is -2.39. The third-order valence-corrected chi connectivity index (χ3v) is 4.95. The molecule has 21 heavy (non-hydrogen) atoms. The highest BCUT2D eigenvalue weighted by Crippen LogP contribution is 2.31. The number of benzene rings is 1. The molecule has 1 aliphatic carbocycles. The zero-order valence-electron chi connectivity index (χ0n) is 12.0. The van der Waals surface area contributed by atoms with Gasteiger partial charge in [0.1, 0.15) is 5.82 Å². The number of nitrogens with one attached hydrogen (secondary N) is 1. The summed E-state index contributed by atoms with van der Waals surface area (Å²) in [6, 6.07) is 4.84. The van der Waals surface area contributed by atoms with E-state index in [0.29, 0.717) is 12.5 Å². The Balaban J connectivity index is 1.65. The average molecular weight is 286 g/mol. The number of H-pyrrole nitrogens is 1. The number of nitrogens with zero attached hydrogens (tertiary/aromatic N) is 1. The van der Waals surface area contributed by atoms with Crippen molar-refractivity contribution in [2.75, 3.05) is 6.54 Å². The van der Waals surface area contributed by atoms with E-state index >= 15 is 0 Å². The van der Waals surface area contributed by atoms with Crippen LogP contribution in [0, 0.1) is 11.7 Å². The van der Waals surface area contributed by atoms with E-state index < -0.39 is 0 Å². The lowest BCUT2D eigenvalue weighted by Gasteiger charge is -2.29. The highest BCUT2D eigenvalue weighted by atomic mass is 19.1. The summed E-state index contributed by atoms with van der Waals surface area (Å²) in [5, 5.41) is 0.925. The van der Waals surface area contributed by atoms with Crippen LogP contribution in [0.3, 0.4) is 0 Å². The van der Waals surface area contributed by atoms with E-state index in [9.17, 15) is 9.18 Å². The molecule has 4 rings (SSSR count). The fourth-order valence-electron chi connectivity index (χ4n) is 3.81. The Hall–Kier alpha value is -1.84. The van der Waals surface area contributed by atoms with Crippen molar-refractivity contribution in [3.63, 3.8) is 0 Å². The molecule has 1 fully saturated rings. The molecule has 2 aliphatic rings. The molecular formula is C17H19FN2O. The molecule has 0 bridgehead atoms. The number of fused-ring (bicyclic) bond motifs is 3. The van der Waals surface area contributed by atoms with E-state index in [0.717, 1.165) is 48.0 Å². The zero-order chi connectivity index (χ0) is 14.4. The summed E-state index contributed by atoms with van der Waals surface area (Å²) in [4.78, 5) is 17.9. The number of halogens is 1. The van der Waals surface area contributed by atoms with Crippen LogP contribution in [0.1, 0.15) is 36.9 Å². The number of aromatic nitrogens is 1. The Morgan fingerprint density at radius 3 is 2.90 bits per heavy atom. The minimum Gasteiger partial charge on any atom is -0.358 e. The molecule has 0 atom stereocenters. The average Bonchev–Trinajstić information content (AvgIpc) is 3.13. The number of carbonyl (C=O) groups excluding carboxylic acids is 1. The molecule has 1 aliphatic heterocycles. The Bertz CT molecular complexity index is 700. The van der Waals surface area contributed by atoms with Crippen molar-refractivity contribution >= 4 is 16.8 Å². The minimum absolute atomic E-state index is 0.216. The summed E-state index contributed by atoms with van der Waals surface area (Å²) in [6.45, 7) is 1.39. The first-order valence-corrected chi connectivity index (χ1v) is 7.80. The van der Waals surface area contributed by atoms with Crippen molar-refractivity contribution in [1.29, 1.82) is 0 Å². The molecule has 1 amide bonds. The van der Waals surface area contributed by atoms with E-state index in [1.54, 1.807) is 12.1 Å². The van der Waals surface area contributed by atoms with Crippen LogP contribution in [-0.4, -0.2) is 22.3 Å². The van der Waals surface area contributed by atoms with Crippen LogP contribution in [0.5, 0.6) is 0 Å². The largest absolute Gasteiger partial charge is 0.358 e. The van der Waals surface area contributed by atoms with Gasteiger partial charge in [0.05, 0.1) is 0 Å². The van der Waals surface area contributed by atoms with E-state index in [4.69, 9.17) is 0 Å². The van der Waals surface area contributed by atoms with Crippen LogP contribution in [0.25, 0.3) is 10.9 Å². The molecule has 1 aromatic carbocycles. The van der Waals surface area contributed by atoms with E-state index in [2.05, 4.69) is 4.98 Å². The van der Waals surface area contributed by atoms with Crippen LogP contribution in [0.15, 0.2) is 18.2 Å². The van der Waals surface area contributed by atoms with Gasteiger partial charge in [0.25, 0.3) is 0 Å². The third kappa shape index (κ3) is 2.13. The van der Waals surface area contributed by atoms with Gasteiger partial charge in [-0.1, -0.05) is 12.8 Å². The maximum Gasteiger partial charge on any atom is 0.225 e. The first-order valence-electron chi connectivity index (χ1n) is 7.80. The molecule has 110 valence electrons. The molecule has 0 unspecified atom stereocenters. The maximum atomic E-state index is 13.5. The van der Waals surface area contributed by atoms with Crippen LogP contribution < -0.4 is 0 Å². The van der Waals surface area contributed by atoms with Gasteiger partial charge in [-0.3, -0.25) is 4.79 Å². The highest BCUT2D eigenvalue weighted by Gasteiger charge is 2.30. The van der Waals surface area contributed by atoms with Gasteiger partial charge in [-0.2, -0.15) is 0 Å². The quantitative estimate of drug-likeness (QED) is 0.857. The summed E-state index contributed by atoms with van der Waals surface area (Å²) in [5.41, 5.74) is 3.23. The van der Waals surface area contributed by atoms with Crippen LogP contribution in [-0.2, 0) is 17.8 Å². The fraction of sp³-hybridized carbons (Fsp3) is 0.471. The zero-order valence-corrected chi connectivity index (χ0v) is 12.0. The van der Waals surface area contributed by atoms with Crippen molar-refractivity contribution < 1.29 is 9.18 Å². The smallest absolute Gasteiger partial charge is 0.225 e. The number of rotatable bonds is 1. The lowest BCUT2D eigenvalue weighted by molar-refractivity contribution is -0.136. The molecule has 0 saturated heterocycles. The molecule has 2 heterocycles. The number of carbonyl (C=O) groups is 1. The number of hydrogen-bond donors (Lipinski definition) is 1. The van der Waals surface area contributed by atoms with E-state index in [-0.39, 0.29) is 11.7 Å². The predicted octanol–water partition coefficient (Wildman–Crippen LogP) is 3.38. The van der Waals surface area contributed by atoms with Crippen molar-refractivity contribution in [2.45, 2.75) is 38.6 Å². The van der Waals surface area contributed by atoms with Crippen LogP contribution in [0.2, 0.25) is 0 Å². The SMILES string of the molecule is O=C(C1CCCC1)N1CCc2[nH]c3ccc(F)cc3c2C1. The molecule has 3 nitrogen and oxygen atoms in total. The molecule has 1 N–H and O–H groups in total. The summed E-state index contributed by atoms with van der Waals surface area (Å²) in [5.74, 6) is 0.293. The van der Waals surface area contributed by atoms with Crippen molar-refractivity contribution in [1.82, 2.24) is 9.88 Å². The molecule has 0 spiro atoms. The van der Waals surface area contributed by atoms with Crippen LogP contribution >= 0.6 is 0 Å². The fourth-order valence-corrected chi connectivity index (χ4v) is 3.81. The molecule has 1 aromatic heterocycles. The number of amides is 1. The first kappa shape index (κ1) is 12.9. The Morgan fingerprint density at radius 2 is 2.10 bits per heavy atom. The van der Waals surface area contributed by atoms with Crippen molar-refractivity contribution in [3.8, 4) is 0 Å². The van der Waals surface area contributed by atoms with E-state index in [1.807, 2.05) is 4.90 Å². The summed E-state index contributed by atoms with van der Waals surface area (Å²) in [7, 11) is 0. The molecule has 4 heteroatoms. The number of hydrogen-bond acceptors (Lipinski definition) is 1. The van der Waals surface area contributed by atoms with Gasteiger partial charge in [-0.15, -0.1) is 0 Å². The van der Waals surface area contributed by atoms with E-state index in [1.165, 1.54) is 18.9 Å². The molecule has 2 aromatic rings. The molecule has 0 radical (unpaired) electrons. The lowest BCUT2D eigenvalue weighted by atomic mass is 10.0. The second-order valence-corrected chi connectivity index (χ2v) is 6.26. The normalized spacial score (nSPS) is 19.2. The summed E-state index contributed by atoms with van der Waals surface area (Å²) in [6.07, 6.45) is 5.25. The Labute approximate surface area is 123 Å².